The van der Waals surface area contributed by atoms with Crippen LogP contribution in [0.3, 0.4) is 0 Å². The first-order valence-electron chi connectivity index (χ1n) is 10.8. The molecule has 0 bridgehead atoms. The molecule has 1 fully saturated rings. The van der Waals surface area contributed by atoms with Gasteiger partial charge >= 0.3 is 11.8 Å². The van der Waals surface area contributed by atoms with Crippen molar-refractivity contribution in [2.45, 2.75) is 43.0 Å². The Kier molecular flexibility index (Phi) is 8.35. The van der Waals surface area contributed by atoms with Gasteiger partial charge in [-0.05, 0) is 55.5 Å². The summed E-state index contributed by atoms with van der Waals surface area (Å²) in [4.78, 5) is 24.3. The lowest BCUT2D eigenvalue weighted by Crippen LogP contribution is -2.46. The fourth-order valence-electron chi connectivity index (χ4n) is 3.79. The first kappa shape index (κ1) is 23.9. The Morgan fingerprint density at radius 1 is 0.938 bits per heavy atom. The van der Waals surface area contributed by atoms with Crippen LogP contribution in [0.15, 0.2) is 59.5 Å². The molecule has 2 amide bonds. The van der Waals surface area contributed by atoms with Crippen LogP contribution in [-0.2, 0) is 26.0 Å². The minimum Gasteiger partial charge on any atom is -0.348 e. The van der Waals surface area contributed by atoms with Crippen molar-refractivity contribution in [1.82, 2.24) is 14.9 Å². The highest BCUT2D eigenvalue weighted by Gasteiger charge is 2.33. The van der Waals surface area contributed by atoms with Gasteiger partial charge in [0.2, 0.25) is 10.0 Å². The smallest absolute Gasteiger partial charge is 0.309 e. The molecule has 2 aromatic carbocycles. The molecular formula is C23H28FN3O4S. The third-order valence-electron chi connectivity index (χ3n) is 5.50. The predicted molar refractivity (Wildman–Crippen MR) is 119 cm³/mol. The van der Waals surface area contributed by atoms with Gasteiger partial charge in [0, 0.05) is 25.7 Å². The Morgan fingerprint density at radius 3 is 2.28 bits per heavy atom. The number of piperidine rings is 1. The van der Waals surface area contributed by atoms with Crippen molar-refractivity contribution < 1.29 is 22.4 Å². The number of amides is 2. The molecule has 0 aromatic heterocycles. The number of sulfonamides is 1. The zero-order valence-corrected chi connectivity index (χ0v) is 18.6. The van der Waals surface area contributed by atoms with Gasteiger partial charge in [-0.15, -0.1) is 0 Å². The van der Waals surface area contributed by atoms with E-state index in [0.29, 0.717) is 25.8 Å². The molecule has 172 valence electrons. The molecule has 1 aliphatic heterocycles. The number of benzene rings is 2. The Labute approximate surface area is 188 Å². The summed E-state index contributed by atoms with van der Waals surface area (Å²) in [6, 6.07) is 14.0. The molecule has 9 heteroatoms. The van der Waals surface area contributed by atoms with Gasteiger partial charge < -0.3 is 10.6 Å². The van der Waals surface area contributed by atoms with Crippen molar-refractivity contribution in [2.24, 2.45) is 0 Å². The van der Waals surface area contributed by atoms with E-state index in [0.717, 1.165) is 18.4 Å². The second kappa shape index (κ2) is 11.2. The van der Waals surface area contributed by atoms with Gasteiger partial charge in [0.15, 0.2) is 0 Å². The quantitative estimate of drug-likeness (QED) is 0.590. The standard InChI is InChI=1S/C23H28FN3O4S/c24-19-11-9-18(10-12-19)13-15-25-22(28)23(29)26-16-14-20-6-4-5-17-27(20)32(30,31)21-7-2-1-3-8-21/h1-3,7-12,20H,4-6,13-17H2,(H,25,28)(H,26,29)/t20-/m1/s1. The summed E-state index contributed by atoms with van der Waals surface area (Å²) in [7, 11) is -3.60. The van der Waals surface area contributed by atoms with E-state index in [4.69, 9.17) is 0 Å². The number of carbonyl (C=O) groups is 2. The van der Waals surface area contributed by atoms with Gasteiger partial charge in [-0.2, -0.15) is 4.31 Å². The fraction of sp³-hybridized carbons (Fsp3) is 0.391. The summed E-state index contributed by atoms with van der Waals surface area (Å²) in [5.74, 6) is -1.83. The van der Waals surface area contributed by atoms with Crippen LogP contribution in [0.5, 0.6) is 0 Å². The molecule has 0 radical (unpaired) electrons. The van der Waals surface area contributed by atoms with Crippen LogP contribution in [0, 0.1) is 5.82 Å². The number of halogens is 1. The summed E-state index contributed by atoms with van der Waals surface area (Å²) >= 11 is 0. The molecule has 0 spiro atoms. The van der Waals surface area contributed by atoms with E-state index in [1.165, 1.54) is 16.4 Å². The average Bonchev–Trinajstić information content (AvgIpc) is 2.81. The highest BCUT2D eigenvalue weighted by Crippen LogP contribution is 2.26. The first-order chi connectivity index (χ1) is 15.4. The normalized spacial score (nSPS) is 17.0. The maximum Gasteiger partial charge on any atom is 0.309 e. The van der Waals surface area contributed by atoms with E-state index >= 15 is 0 Å². The number of rotatable bonds is 8. The Hall–Kier alpha value is -2.78. The molecule has 1 aliphatic rings. The Bertz CT molecular complexity index is 1010. The highest BCUT2D eigenvalue weighted by atomic mass is 32.2. The van der Waals surface area contributed by atoms with E-state index in [9.17, 15) is 22.4 Å². The van der Waals surface area contributed by atoms with Gasteiger partial charge in [-0.1, -0.05) is 36.8 Å². The molecule has 32 heavy (non-hydrogen) atoms. The van der Waals surface area contributed by atoms with Crippen LogP contribution in [-0.4, -0.2) is 50.2 Å². The summed E-state index contributed by atoms with van der Waals surface area (Å²) in [6.45, 7) is 0.902. The van der Waals surface area contributed by atoms with Crippen molar-refractivity contribution in [3.63, 3.8) is 0 Å². The van der Waals surface area contributed by atoms with Crippen LogP contribution in [0.1, 0.15) is 31.2 Å². The van der Waals surface area contributed by atoms with Crippen molar-refractivity contribution in [3.05, 3.63) is 66.0 Å². The lowest BCUT2D eigenvalue weighted by atomic mass is 10.0. The van der Waals surface area contributed by atoms with Crippen molar-refractivity contribution >= 4 is 21.8 Å². The first-order valence-corrected chi connectivity index (χ1v) is 12.2. The number of carbonyl (C=O) groups excluding carboxylic acids is 2. The van der Waals surface area contributed by atoms with Gasteiger partial charge in [-0.25, -0.2) is 12.8 Å². The monoisotopic (exact) mass is 461 g/mol. The van der Waals surface area contributed by atoms with Crippen molar-refractivity contribution in [1.29, 1.82) is 0 Å². The van der Waals surface area contributed by atoms with E-state index in [1.54, 1.807) is 42.5 Å². The zero-order valence-electron chi connectivity index (χ0n) is 17.8. The fourth-order valence-corrected chi connectivity index (χ4v) is 5.54. The molecule has 2 N–H and O–H groups in total. The molecular weight excluding hydrogens is 433 g/mol. The van der Waals surface area contributed by atoms with Gasteiger partial charge in [-0.3, -0.25) is 9.59 Å². The molecule has 2 aromatic rings. The topological polar surface area (TPSA) is 95.6 Å². The highest BCUT2D eigenvalue weighted by molar-refractivity contribution is 7.89. The SMILES string of the molecule is O=C(NCCc1ccc(F)cc1)C(=O)NCC[C@H]1CCCCN1S(=O)(=O)c1ccccc1. The number of nitrogens with zero attached hydrogens (tertiary/aromatic N) is 1. The third-order valence-corrected chi connectivity index (χ3v) is 7.47. The molecule has 0 unspecified atom stereocenters. The molecule has 1 saturated heterocycles. The molecule has 1 heterocycles. The van der Waals surface area contributed by atoms with E-state index < -0.39 is 21.8 Å². The minimum absolute atomic E-state index is 0.204. The summed E-state index contributed by atoms with van der Waals surface area (Å²) in [5.41, 5.74) is 0.851. The maximum atomic E-state index is 13.0. The van der Waals surface area contributed by atoms with Crippen LogP contribution in [0.2, 0.25) is 0 Å². The molecule has 0 saturated carbocycles. The number of hydrogen-bond acceptors (Lipinski definition) is 4. The lowest BCUT2D eigenvalue weighted by Gasteiger charge is -2.34. The Morgan fingerprint density at radius 2 is 1.59 bits per heavy atom. The largest absolute Gasteiger partial charge is 0.348 e. The summed E-state index contributed by atoms with van der Waals surface area (Å²) in [6.07, 6.45) is 3.34. The van der Waals surface area contributed by atoms with Crippen molar-refractivity contribution in [2.75, 3.05) is 19.6 Å². The van der Waals surface area contributed by atoms with E-state index in [-0.39, 0.29) is 29.8 Å². The van der Waals surface area contributed by atoms with Gasteiger partial charge in [0.05, 0.1) is 4.90 Å². The number of nitrogens with one attached hydrogen (secondary N) is 2. The second-order valence-electron chi connectivity index (χ2n) is 7.76. The second-order valence-corrected chi connectivity index (χ2v) is 9.65. The zero-order chi connectivity index (χ0) is 23.0. The van der Waals surface area contributed by atoms with E-state index in [2.05, 4.69) is 10.6 Å². The lowest BCUT2D eigenvalue weighted by molar-refractivity contribution is -0.139. The van der Waals surface area contributed by atoms with Gasteiger partial charge in [0.25, 0.3) is 0 Å². The van der Waals surface area contributed by atoms with Gasteiger partial charge in [0.1, 0.15) is 5.82 Å². The summed E-state index contributed by atoms with van der Waals surface area (Å²) < 4.78 is 40.4. The molecule has 3 rings (SSSR count). The Balaban J connectivity index is 1.46. The van der Waals surface area contributed by atoms with Crippen LogP contribution in [0.4, 0.5) is 4.39 Å². The third kappa shape index (κ3) is 6.37. The molecule has 1 atom stereocenters. The van der Waals surface area contributed by atoms with Crippen LogP contribution < -0.4 is 10.6 Å². The molecule has 7 nitrogen and oxygen atoms in total. The molecule has 0 aliphatic carbocycles. The predicted octanol–water partition coefficient (Wildman–Crippen LogP) is 2.23. The van der Waals surface area contributed by atoms with Crippen LogP contribution in [0.25, 0.3) is 0 Å². The van der Waals surface area contributed by atoms with Crippen molar-refractivity contribution in [3.8, 4) is 0 Å². The minimum atomic E-state index is -3.60. The average molecular weight is 462 g/mol. The summed E-state index contributed by atoms with van der Waals surface area (Å²) in [5, 5.41) is 5.11. The maximum absolute atomic E-state index is 13.0. The van der Waals surface area contributed by atoms with E-state index in [1.807, 2.05) is 0 Å². The van der Waals surface area contributed by atoms with Crippen LogP contribution >= 0.6 is 0 Å². The number of hydrogen-bond donors (Lipinski definition) is 2.